The molecule has 5 nitrogen and oxygen atoms in total. The molecule has 0 unspecified atom stereocenters. The Labute approximate surface area is 159 Å². The van der Waals surface area contributed by atoms with Gasteiger partial charge in [0.05, 0.1) is 22.3 Å². The molecule has 0 bridgehead atoms. The highest BCUT2D eigenvalue weighted by Gasteiger charge is 2.12. The molecule has 1 aromatic heterocycles. The summed E-state index contributed by atoms with van der Waals surface area (Å²) in [5.74, 6) is 0.225. The number of amides is 1. The zero-order valence-electron chi connectivity index (χ0n) is 13.2. The van der Waals surface area contributed by atoms with E-state index < -0.39 is 0 Å². The number of nitrogens with zero attached hydrogens (tertiary/aromatic N) is 2. The second-order valence-corrected chi connectivity index (χ2v) is 6.03. The van der Waals surface area contributed by atoms with Crippen LogP contribution in [0.1, 0.15) is 15.9 Å². The smallest absolute Gasteiger partial charge is 0.255 e. The van der Waals surface area contributed by atoms with Gasteiger partial charge in [0.1, 0.15) is 5.02 Å². The van der Waals surface area contributed by atoms with Crippen LogP contribution in [0.4, 0.5) is 5.69 Å². The summed E-state index contributed by atoms with van der Waals surface area (Å²) >= 11 is 11.9. The summed E-state index contributed by atoms with van der Waals surface area (Å²) < 4.78 is 5.71. The number of halogens is 2. The van der Waals surface area contributed by atoms with Crippen molar-refractivity contribution >= 4 is 34.8 Å². The van der Waals surface area contributed by atoms with Crippen molar-refractivity contribution in [3.05, 3.63) is 82.0 Å². The maximum Gasteiger partial charge on any atom is 0.255 e. The van der Waals surface area contributed by atoms with Gasteiger partial charge < -0.3 is 10.1 Å². The zero-order valence-corrected chi connectivity index (χ0v) is 14.8. The number of rotatable bonds is 4. The molecule has 26 heavy (non-hydrogen) atoms. The summed E-state index contributed by atoms with van der Waals surface area (Å²) in [7, 11) is 0. The standard InChI is InChI=1S/C19H11Cl2N3O2/c20-14-9-15(21)19(23-11-14)26-17-4-2-1-3-16(17)24-18(25)13-7-5-12(10-22)6-8-13/h1-9,11H,(H,24,25). The van der Waals surface area contributed by atoms with Crippen LogP contribution in [0.15, 0.2) is 60.8 Å². The van der Waals surface area contributed by atoms with Crippen LogP contribution < -0.4 is 10.1 Å². The molecule has 0 aliphatic carbocycles. The van der Waals surface area contributed by atoms with Gasteiger partial charge in [0.15, 0.2) is 5.75 Å². The number of nitrogens with one attached hydrogen (secondary N) is 1. The first-order valence-corrected chi connectivity index (χ1v) is 8.22. The molecule has 0 aliphatic heterocycles. The van der Waals surface area contributed by atoms with Gasteiger partial charge in [-0.25, -0.2) is 4.98 Å². The number of para-hydroxylation sites is 2. The first-order valence-electron chi connectivity index (χ1n) is 7.46. The normalized spacial score (nSPS) is 10.0. The van der Waals surface area contributed by atoms with E-state index in [0.29, 0.717) is 27.6 Å². The third kappa shape index (κ3) is 4.12. The average molecular weight is 384 g/mol. The summed E-state index contributed by atoms with van der Waals surface area (Å²) in [6, 6.07) is 16.7. The molecular formula is C19H11Cl2N3O2. The topological polar surface area (TPSA) is 75.0 Å². The van der Waals surface area contributed by atoms with E-state index in [0.717, 1.165) is 0 Å². The Morgan fingerprint density at radius 1 is 1.12 bits per heavy atom. The number of hydrogen-bond donors (Lipinski definition) is 1. The molecule has 1 N–H and O–H groups in total. The number of anilines is 1. The number of carbonyl (C=O) groups excluding carboxylic acids is 1. The van der Waals surface area contributed by atoms with Gasteiger partial charge >= 0.3 is 0 Å². The molecule has 2 aromatic carbocycles. The van der Waals surface area contributed by atoms with Gasteiger partial charge in [-0.05, 0) is 42.5 Å². The number of benzene rings is 2. The number of carbonyl (C=O) groups is 1. The van der Waals surface area contributed by atoms with Crippen LogP contribution in [0.25, 0.3) is 0 Å². The molecule has 3 rings (SSSR count). The first kappa shape index (κ1) is 17.7. The summed E-state index contributed by atoms with van der Waals surface area (Å²) in [5, 5.41) is 12.2. The molecule has 7 heteroatoms. The molecule has 0 radical (unpaired) electrons. The summed E-state index contributed by atoms with van der Waals surface area (Å²) in [4.78, 5) is 16.5. The maximum atomic E-state index is 12.4. The lowest BCUT2D eigenvalue weighted by Crippen LogP contribution is -2.12. The van der Waals surface area contributed by atoms with Crippen molar-refractivity contribution in [3.63, 3.8) is 0 Å². The van der Waals surface area contributed by atoms with E-state index in [2.05, 4.69) is 10.3 Å². The van der Waals surface area contributed by atoms with E-state index in [1.165, 1.54) is 12.3 Å². The van der Waals surface area contributed by atoms with Crippen LogP contribution in [-0.4, -0.2) is 10.9 Å². The summed E-state index contributed by atoms with van der Waals surface area (Å²) in [6.45, 7) is 0. The van der Waals surface area contributed by atoms with Crippen molar-refractivity contribution in [3.8, 4) is 17.7 Å². The Bertz CT molecular complexity index is 998. The van der Waals surface area contributed by atoms with Gasteiger partial charge in [-0.2, -0.15) is 5.26 Å². The summed E-state index contributed by atoms with van der Waals surface area (Å²) in [5.41, 5.74) is 1.35. The number of aromatic nitrogens is 1. The maximum absolute atomic E-state index is 12.4. The Morgan fingerprint density at radius 2 is 1.85 bits per heavy atom. The molecule has 0 saturated carbocycles. The lowest BCUT2D eigenvalue weighted by Gasteiger charge is -2.12. The van der Waals surface area contributed by atoms with Gasteiger partial charge in [-0.15, -0.1) is 0 Å². The Morgan fingerprint density at radius 3 is 2.54 bits per heavy atom. The molecule has 128 valence electrons. The fourth-order valence-electron chi connectivity index (χ4n) is 2.13. The minimum atomic E-state index is -0.333. The predicted molar refractivity (Wildman–Crippen MR) is 99.9 cm³/mol. The Kier molecular flexibility index (Phi) is 5.37. The van der Waals surface area contributed by atoms with Crippen LogP contribution in [0.3, 0.4) is 0 Å². The fourth-order valence-corrected chi connectivity index (χ4v) is 2.55. The Hall–Kier alpha value is -3.07. The van der Waals surface area contributed by atoms with Crippen molar-refractivity contribution in [1.82, 2.24) is 4.98 Å². The summed E-state index contributed by atoms with van der Waals surface area (Å²) in [6.07, 6.45) is 1.42. The number of ether oxygens (including phenoxy) is 1. The van der Waals surface area contributed by atoms with Crippen LogP contribution >= 0.6 is 23.2 Å². The molecule has 0 spiro atoms. The van der Waals surface area contributed by atoms with E-state index in [-0.39, 0.29) is 16.8 Å². The number of nitriles is 1. The molecule has 1 heterocycles. The number of pyridine rings is 1. The highest BCUT2D eigenvalue weighted by Crippen LogP contribution is 2.33. The lowest BCUT2D eigenvalue weighted by atomic mass is 10.1. The molecular weight excluding hydrogens is 373 g/mol. The lowest BCUT2D eigenvalue weighted by molar-refractivity contribution is 0.102. The predicted octanol–water partition coefficient (Wildman–Crippen LogP) is 5.30. The molecule has 0 fully saturated rings. The van der Waals surface area contributed by atoms with Crippen LogP contribution in [0.2, 0.25) is 10.0 Å². The van der Waals surface area contributed by atoms with E-state index >= 15 is 0 Å². The number of hydrogen-bond acceptors (Lipinski definition) is 4. The highest BCUT2D eigenvalue weighted by atomic mass is 35.5. The molecule has 0 aliphatic rings. The van der Waals surface area contributed by atoms with Crippen molar-refractivity contribution in [2.24, 2.45) is 0 Å². The first-order chi connectivity index (χ1) is 12.6. The minimum absolute atomic E-state index is 0.177. The van der Waals surface area contributed by atoms with Crippen molar-refractivity contribution in [2.45, 2.75) is 0 Å². The van der Waals surface area contributed by atoms with Gasteiger partial charge in [0.2, 0.25) is 5.88 Å². The van der Waals surface area contributed by atoms with Gasteiger partial charge in [-0.3, -0.25) is 4.79 Å². The monoisotopic (exact) mass is 383 g/mol. The molecule has 1 amide bonds. The van der Waals surface area contributed by atoms with Crippen molar-refractivity contribution in [1.29, 1.82) is 5.26 Å². The Balaban J connectivity index is 1.82. The minimum Gasteiger partial charge on any atom is -0.435 e. The second-order valence-electron chi connectivity index (χ2n) is 5.18. The van der Waals surface area contributed by atoms with Gasteiger partial charge in [0.25, 0.3) is 5.91 Å². The van der Waals surface area contributed by atoms with E-state index in [1.54, 1.807) is 48.5 Å². The van der Waals surface area contributed by atoms with Crippen LogP contribution in [0, 0.1) is 11.3 Å². The second kappa shape index (κ2) is 7.87. The third-order valence-electron chi connectivity index (χ3n) is 3.39. The third-order valence-corrected chi connectivity index (χ3v) is 3.87. The zero-order chi connectivity index (χ0) is 18.5. The highest BCUT2D eigenvalue weighted by molar-refractivity contribution is 6.35. The molecule has 3 aromatic rings. The van der Waals surface area contributed by atoms with Gasteiger partial charge in [-0.1, -0.05) is 35.3 Å². The average Bonchev–Trinajstić information content (AvgIpc) is 2.65. The quantitative estimate of drug-likeness (QED) is 0.662. The molecule has 0 saturated heterocycles. The van der Waals surface area contributed by atoms with E-state index in [1.807, 2.05) is 6.07 Å². The SMILES string of the molecule is N#Cc1ccc(C(=O)Nc2ccccc2Oc2ncc(Cl)cc2Cl)cc1. The largest absolute Gasteiger partial charge is 0.435 e. The van der Waals surface area contributed by atoms with E-state index in [4.69, 9.17) is 33.2 Å². The molecule has 0 atom stereocenters. The van der Waals surface area contributed by atoms with Crippen LogP contribution in [0.5, 0.6) is 11.6 Å². The van der Waals surface area contributed by atoms with E-state index in [9.17, 15) is 4.79 Å². The van der Waals surface area contributed by atoms with Crippen molar-refractivity contribution in [2.75, 3.05) is 5.32 Å². The van der Waals surface area contributed by atoms with Crippen LogP contribution in [-0.2, 0) is 0 Å². The van der Waals surface area contributed by atoms with Crippen molar-refractivity contribution < 1.29 is 9.53 Å². The fraction of sp³-hybridized carbons (Fsp3) is 0. The van der Waals surface area contributed by atoms with Gasteiger partial charge in [0, 0.05) is 11.8 Å².